The van der Waals surface area contributed by atoms with E-state index in [1.165, 1.54) is 32.1 Å². The Kier molecular flexibility index (Phi) is 13.3. The predicted molar refractivity (Wildman–Crippen MR) is 183 cm³/mol. The highest BCUT2D eigenvalue weighted by atomic mass is 16.5. The van der Waals surface area contributed by atoms with Crippen molar-refractivity contribution >= 4 is 34.8 Å². The Hall–Kier alpha value is -3.63. The summed E-state index contributed by atoms with van der Waals surface area (Å²) in [6.45, 7) is 6.07. The van der Waals surface area contributed by atoms with Gasteiger partial charge in [0.1, 0.15) is 11.9 Å². The minimum absolute atomic E-state index is 0.0573. The number of fused-ring (bicyclic) bond motifs is 1. The van der Waals surface area contributed by atoms with Crippen molar-refractivity contribution in [1.29, 1.82) is 0 Å². The number of nitrogens with one attached hydrogen (secondary N) is 2. The van der Waals surface area contributed by atoms with E-state index in [1.54, 1.807) is 35.2 Å². The maximum atomic E-state index is 13.8. The Morgan fingerprint density at radius 2 is 1.72 bits per heavy atom. The molecule has 2 aliphatic rings. The fraction of sp³-hybridized carbons (Fsp3) is 0.583. The highest BCUT2D eigenvalue weighted by molar-refractivity contribution is 6.00. The van der Waals surface area contributed by atoms with E-state index in [0.717, 1.165) is 19.5 Å². The average molecular weight is 636 g/mol. The summed E-state index contributed by atoms with van der Waals surface area (Å²) in [6, 6.07) is 12.0. The lowest BCUT2D eigenvalue weighted by molar-refractivity contribution is -0.116. The van der Waals surface area contributed by atoms with Crippen molar-refractivity contribution in [2.45, 2.75) is 90.2 Å². The highest BCUT2D eigenvalue weighted by Gasteiger charge is 2.34. The first kappa shape index (κ1) is 35.2. The summed E-state index contributed by atoms with van der Waals surface area (Å²) in [5, 5.41) is 15.7. The van der Waals surface area contributed by atoms with Gasteiger partial charge in [0.25, 0.3) is 5.91 Å². The number of hydrogen-bond donors (Lipinski definition) is 4. The van der Waals surface area contributed by atoms with Crippen LogP contribution in [-0.2, 0) is 9.59 Å². The number of hydrogen-bond acceptors (Lipinski definition) is 7. The maximum absolute atomic E-state index is 13.8. The summed E-state index contributed by atoms with van der Waals surface area (Å²) >= 11 is 0. The van der Waals surface area contributed by atoms with E-state index in [1.807, 2.05) is 19.1 Å². The molecule has 0 radical (unpaired) electrons. The fourth-order valence-electron chi connectivity index (χ4n) is 6.51. The molecular formula is C36H53N5O5. The number of aliphatic hydroxyl groups is 1. The smallest absolute Gasteiger partial charge is 0.258 e. The molecule has 2 aromatic carbocycles. The molecule has 5 N–H and O–H groups in total. The van der Waals surface area contributed by atoms with E-state index in [0.29, 0.717) is 66.5 Å². The Labute approximate surface area is 274 Å². The molecule has 1 fully saturated rings. The molecule has 0 unspecified atom stereocenters. The SMILES string of the molecule is C[C@@H]1CN([C@H](C)CO)C(=O)c2cc(NC(=O)CCCCCC(=O)Nc3ccccc3N)ccc2O[C@H]1CN(C)CC1CCCCC1. The quantitative estimate of drug-likeness (QED) is 0.158. The molecule has 3 amide bonds. The van der Waals surface area contributed by atoms with Gasteiger partial charge in [0.2, 0.25) is 11.8 Å². The number of ether oxygens (including phenoxy) is 1. The lowest BCUT2D eigenvalue weighted by atomic mass is 9.89. The molecule has 1 aliphatic carbocycles. The zero-order valence-electron chi connectivity index (χ0n) is 27.8. The average Bonchev–Trinajstić information content (AvgIpc) is 3.04. The van der Waals surface area contributed by atoms with Crippen LogP contribution >= 0.6 is 0 Å². The van der Waals surface area contributed by atoms with Gasteiger partial charge in [0.15, 0.2) is 0 Å². The summed E-state index contributed by atoms with van der Waals surface area (Å²) in [5.74, 6) is 0.791. The highest BCUT2D eigenvalue weighted by Crippen LogP contribution is 2.31. The number of amides is 3. The second-order valence-electron chi connectivity index (χ2n) is 13.3. The van der Waals surface area contributed by atoms with Crippen molar-refractivity contribution in [3.63, 3.8) is 0 Å². The van der Waals surface area contributed by atoms with E-state index in [4.69, 9.17) is 10.5 Å². The predicted octanol–water partition coefficient (Wildman–Crippen LogP) is 5.53. The van der Waals surface area contributed by atoms with Crippen molar-refractivity contribution in [2.75, 3.05) is 49.7 Å². The van der Waals surface area contributed by atoms with Crippen molar-refractivity contribution in [1.82, 2.24) is 9.80 Å². The molecule has 3 atom stereocenters. The van der Waals surface area contributed by atoms with E-state index in [-0.39, 0.29) is 42.4 Å². The second-order valence-corrected chi connectivity index (χ2v) is 13.3. The van der Waals surface area contributed by atoms with E-state index < -0.39 is 0 Å². The van der Waals surface area contributed by atoms with Crippen molar-refractivity contribution in [2.24, 2.45) is 11.8 Å². The molecular weight excluding hydrogens is 582 g/mol. The van der Waals surface area contributed by atoms with Gasteiger partial charge in [-0.3, -0.25) is 14.4 Å². The molecule has 1 heterocycles. The number of benzene rings is 2. The first-order valence-electron chi connectivity index (χ1n) is 17.0. The molecule has 252 valence electrons. The van der Waals surface area contributed by atoms with E-state index >= 15 is 0 Å². The lowest BCUT2D eigenvalue weighted by Crippen LogP contribution is -2.50. The fourth-order valence-corrected chi connectivity index (χ4v) is 6.51. The molecule has 2 aromatic rings. The Morgan fingerprint density at radius 3 is 2.41 bits per heavy atom. The summed E-state index contributed by atoms with van der Waals surface area (Å²) in [4.78, 5) is 42.9. The minimum Gasteiger partial charge on any atom is -0.488 e. The topological polar surface area (TPSA) is 137 Å². The molecule has 0 bridgehead atoms. The van der Waals surface area contributed by atoms with Gasteiger partial charge in [0.05, 0.1) is 29.6 Å². The molecule has 46 heavy (non-hydrogen) atoms. The largest absolute Gasteiger partial charge is 0.488 e. The minimum atomic E-state index is -0.355. The van der Waals surface area contributed by atoms with Crippen LogP contribution in [0.25, 0.3) is 0 Å². The molecule has 0 spiro atoms. The number of aliphatic hydroxyl groups excluding tert-OH is 1. The number of unbranched alkanes of at least 4 members (excludes halogenated alkanes) is 2. The molecule has 10 nitrogen and oxygen atoms in total. The number of nitrogen functional groups attached to an aromatic ring is 1. The first-order valence-corrected chi connectivity index (χ1v) is 17.0. The van der Waals surface area contributed by atoms with Crippen LogP contribution in [0.1, 0.15) is 88.4 Å². The van der Waals surface area contributed by atoms with Gasteiger partial charge < -0.3 is 36.0 Å². The summed E-state index contributed by atoms with van der Waals surface area (Å²) in [5.41, 5.74) is 7.92. The molecule has 4 rings (SSSR count). The van der Waals surface area contributed by atoms with Crippen LogP contribution in [-0.4, -0.2) is 78.1 Å². The number of carbonyl (C=O) groups is 3. The van der Waals surface area contributed by atoms with Crippen LogP contribution < -0.4 is 21.1 Å². The van der Waals surface area contributed by atoms with Crippen LogP contribution in [0.2, 0.25) is 0 Å². The van der Waals surface area contributed by atoms with E-state index in [9.17, 15) is 19.5 Å². The number of nitrogens with zero attached hydrogens (tertiary/aromatic N) is 2. The summed E-state index contributed by atoms with van der Waals surface area (Å²) < 4.78 is 6.55. The number of carbonyl (C=O) groups excluding carboxylic acids is 3. The normalized spacial score (nSPS) is 19.5. The Balaban J connectivity index is 1.33. The van der Waals surface area contributed by atoms with Gasteiger partial charge in [-0.15, -0.1) is 0 Å². The number of anilines is 3. The van der Waals surface area contributed by atoms with Crippen molar-refractivity contribution < 1.29 is 24.2 Å². The van der Waals surface area contributed by atoms with E-state index in [2.05, 4.69) is 29.5 Å². The van der Waals surface area contributed by atoms with Crippen LogP contribution in [0, 0.1) is 11.8 Å². The Bertz CT molecular complexity index is 1310. The van der Waals surface area contributed by atoms with Gasteiger partial charge in [0, 0.05) is 44.1 Å². The van der Waals surface area contributed by atoms with Gasteiger partial charge in [-0.25, -0.2) is 0 Å². The standard InChI is InChI=1S/C36H53N5O5/c1-25-21-41(26(2)24-42)36(45)29-20-28(18-19-32(29)46-33(25)23-40(3)22-27-12-6-4-7-13-27)38-34(43)16-8-5-9-17-35(44)39-31-15-11-10-14-30(31)37/h10-11,14-15,18-20,25-27,33,42H,4-9,12-13,16-17,21-24,37H2,1-3H3,(H,38,43)(H,39,44)/t25-,26-,33+/m1/s1. The third-order valence-corrected chi connectivity index (χ3v) is 9.28. The second kappa shape index (κ2) is 17.3. The Morgan fingerprint density at radius 1 is 1.02 bits per heavy atom. The zero-order chi connectivity index (χ0) is 33.1. The van der Waals surface area contributed by atoms with Gasteiger partial charge in [-0.1, -0.05) is 44.7 Å². The lowest BCUT2D eigenvalue weighted by Gasteiger charge is -2.38. The third-order valence-electron chi connectivity index (χ3n) is 9.28. The maximum Gasteiger partial charge on any atom is 0.258 e. The van der Waals surface area contributed by atoms with Crippen molar-refractivity contribution in [3.8, 4) is 5.75 Å². The summed E-state index contributed by atoms with van der Waals surface area (Å²) in [6.07, 6.45) is 9.04. The number of rotatable bonds is 14. The molecule has 0 saturated heterocycles. The molecule has 10 heteroatoms. The third kappa shape index (κ3) is 10.2. The monoisotopic (exact) mass is 635 g/mol. The molecule has 0 aromatic heterocycles. The van der Waals surface area contributed by atoms with Crippen LogP contribution in [0.5, 0.6) is 5.75 Å². The van der Waals surface area contributed by atoms with Crippen LogP contribution in [0.15, 0.2) is 42.5 Å². The number of para-hydroxylation sites is 2. The molecule has 1 aliphatic heterocycles. The summed E-state index contributed by atoms with van der Waals surface area (Å²) in [7, 11) is 2.15. The van der Waals surface area contributed by atoms with Gasteiger partial charge in [-0.05, 0) is 75.9 Å². The molecule has 1 saturated carbocycles. The zero-order valence-corrected chi connectivity index (χ0v) is 27.8. The number of likely N-dealkylation sites (N-methyl/N-ethyl adjacent to an activating group) is 1. The van der Waals surface area contributed by atoms with Gasteiger partial charge >= 0.3 is 0 Å². The van der Waals surface area contributed by atoms with Crippen molar-refractivity contribution in [3.05, 3.63) is 48.0 Å². The van der Waals surface area contributed by atoms with Crippen LogP contribution in [0.4, 0.5) is 17.1 Å². The first-order chi connectivity index (χ1) is 22.1. The number of nitrogens with two attached hydrogens (primary N) is 1. The van der Waals surface area contributed by atoms with Gasteiger partial charge in [-0.2, -0.15) is 0 Å². The van der Waals surface area contributed by atoms with Crippen LogP contribution in [0.3, 0.4) is 0 Å².